The maximum Gasteiger partial charge on any atom is 0.225 e. The van der Waals surface area contributed by atoms with E-state index in [1.807, 2.05) is 12.1 Å². The number of fused-ring (bicyclic) bond motifs is 1. The Labute approximate surface area is 121 Å². The number of aromatic amines is 1. The van der Waals surface area contributed by atoms with Crippen molar-refractivity contribution in [1.82, 2.24) is 25.1 Å². The van der Waals surface area contributed by atoms with Gasteiger partial charge in [-0.3, -0.25) is 5.10 Å². The van der Waals surface area contributed by atoms with Gasteiger partial charge < -0.3 is 5.32 Å². The molecule has 0 amide bonds. The number of halogens is 1. The smallest absolute Gasteiger partial charge is 0.225 e. The van der Waals surface area contributed by atoms with E-state index in [9.17, 15) is 0 Å². The van der Waals surface area contributed by atoms with Crippen molar-refractivity contribution in [2.24, 2.45) is 0 Å². The summed E-state index contributed by atoms with van der Waals surface area (Å²) in [7, 11) is 1.78. The van der Waals surface area contributed by atoms with Gasteiger partial charge in [-0.05, 0) is 39.8 Å². The van der Waals surface area contributed by atoms with Crippen LogP contribution in [0, 0.1) is 0 Å². The van der Waals surface area contributed by atoms with Crippen molar-refractivity contribution in [3.05, 3.63) is 29.0 Å². The van der Waals surface area contributed by atoms with Gasteiger partial charge in [0.05, 0.1) is 16.1 Å². The van der Waals surface area contributed by atoms with Gasteiger partial charge in [0.1, 0.15) is 10.1 Å². The molecule has 3 heterocycles. The fraction of sp³-hybridized carbons (Fsp3) is 0.0909. The highest BCUT2D eigenvalue weighted by Crippen LogP contribution is 2.34. The molecule has 19 heavy (non-hydrogen) atoms. The largest absolute Gasteiger partial charge is 0.357 e. The highest BCUT2D eigenvalue weighted by Gasteiger charge is 2.12. The number of nitrogens with one attached hydrogen (secondary N) is 2. The molecule has 0 spiro atoms. The lowest BCUT2D eigenvalue weighted by Crippen LogP contribution is -1.98. The van der Waals surface area contributed by atoms with E-state index in [1.54, 1.807) is 19.4 Å². The number of anilines is 1. The summed E-state index contributed by atoms with van der Waals surface area (Å²) in [6.07, 6.45) is 3.47. The molecule has 0 atom stereocenters. The second-order valence-corrected chi connectivity index (χ2v) is 5.46. The Morgan fingerprint density at radius 1 is 1.32 bits per heavy atom. The minimum atomic E-state index is 0.548. The van der Waals surface area contributed by atoms with Crippen molar-refractivity contribution < 1.29 is 0 Å². The Balaban J connectivity index is 2.09. The van der Waals surface area contributed by atoms with Crippen LogP contribution in [-0.4, -0.2) is 32.2 Å². The average molecular weight is 337 g/mol. The SMILES string of the molecule is CNc1nc(Sc2ncccc2Br)c2cn[nH]c2n1. The summed E-state index contributed by atoms with van der Waals surface area (Å²) in [6, 6.07) is 3.82. The van der Waals surface area contributed by atoms with Crippen molar-refractivity contribution in [1.29, 1.82) is 0 Å². The Morgan fingerprint density at radius 2 is 2.21 bits per heavy atom. The molecule has 0 saturated heterocycles. The summed E-state index contributed by atoms with van der Waals surface area (Å²) < 4.78 is 0.932. The molecule has 0 saturated carbocycles. The Kier molecular flexibility index (Phi) is 3.34. The van der Waals surface area contributed by atoms with E-state index in [1.165, 1.54) is 11.8 Å². The van der Waals surface area contributed by atoms with E-state index >= 15 is 0 Å². The van der Waals surface area contributed by atoms with E-state index in [2.05, 4.69) is 46.4 Å². The third-order valence-corrected chi connectivity index (χ3v) is 4.34. The van der Waals surface area contributed by atoms with Crippen LogP contribution in [0.25, 0.3) is 11.0 Å². The predicted molar refractivity (Wildman–Crippen MR) is 77.3 cm³/mol. The normalized spacial score (nSPS) is 10.8. The Hall–Kier alpha value is -1.67. The molecule has 2 N–H and O–H groups in total. The van der Waals surface area contributed by atoms with Crippen LogP contribution in [0.2, 0.25) is 0 Å². The summed E-state index contributed by atoms with van der Waals surface area (Å²) in [5.74, 6) is 0.548. The molecule has 96 valence electrons. The van der Waals surface area contributed by atoms with Gasteiger partial charge in [0.25, 0.3) is 0 Å². The number of H-pyrrole nitrogens is 1. The zero-order chi connectivity index (χ0) is 13.2. The van der Waals surface area contributed by atoms with Crippen LogP contribution in [0.1, 0.15) is 0 Å². The molecule has 0 aliphatic rings. The first-order valence-corrected chi connectivity index (χ1v) is 7.06. The third-order valence-electron chi connectivity index (χ3n) is 2.42. The Bertz CT molecular complexity index is 728. The molecule has 0 radical (unpaired) electrons. The van der Waals surface area contributed by atoms with Gasteiger partial charge in [0.15, 0.2) is 5.65 Å². The molecular weight excluding hydrogens is 328 g/mol. The summed E-state index contributed by atoms with van der Waals surface area (Å²) >= 11 is 4.95. The molecule has 0 aliphatic heterocycles. The van der Waals surface area contributed by atoms with E-state index in [-0.39, 0.29) is 0 Å². The molecule has 0 aromatic carbocycles. The lowest BCUT2D eigenvalue weighted by molar-refractivity contribution is 1.05. The minimum Gasteiger partial charge on any atom is -0.357 e. The minimum absolute atomic E-state index is 0.548. The van der Waals surface area contributed by atoms with E-state index in [0.29, 0.717) is 11.6 Å². The predicted octanol–water partition coefficient (Wildman–Crippen LogP) is 2.70. The topological polar surface area (TPSA) is 79.4 Å². The maximum absolute atomic E-state index is 4.45. The van der Waals surface area contributed by atoms with Crippen LogP contribution < -0.4 is 5.32 Å². The fourth-order valence-corrected chi connectivity index (χ4v) is 2.89. The van der Waals surface area contributed by atoms with Gasteiger partial charge in [0, 0.05) is 13.2 Å². The van der Waals surface area contributed by atoms with Crippen LogP contribution >= 0.6 is 27.7 Å². The summed E-state index contributed by atoms with van der Waals surface area (Å²) in [6.45, 7) is 0. The van der Waals surface area contributed by atoms with Crippen LogP contribution in [0.15, 0.2) is 39.1 Å². The van der Waals surface area contributed by atoms with Gasteiger partial charge >= 0.3 is 0 Å². The van der Waals surface area contributed by atoms with Crippen molar-refractivity contribution in [2.45, 2.75) is 10.1 Å². The van der Waals surface area contributed by atoms with Crippen LogP contribution in [0.4, 0.5) is 5.95 Å². The zero-order valence-corrected chi connectivity index (χ0v) is 12.3. The first kappa shape index (κ1) is 12.4. The first-order chi connectivity index (χ1) is 9.28. The molecule has 0 bridgehead atoms. The number of rotatable bonds is 3. The molecule has 0 aliphatic carbocycles. The number of hydrogen-bond acceptors (Lipinski definition) is 6. The second-order valence-electron chi connectivity index (χ2n) is 3.63. The molecular formula is C11H9BrN6S. The molecule has 8 heteroatoms. The lowest BCUT2D eigenvalue weighted by Gasteiger charge is -2.05. The van der Waals surface area contributed by atoms with Gasteiger partial charge in [-0.2, -0.15) is 10.1 Å². The maximum atomic E-state index is 4.45. The van der Waals surface area contributed by atoms with Crippen LogP contribution in [-0.2, 0) is 0 Å². The van der Waals surface area contributed by atoms with Crippen molar-refractivity contribution in [3.63, 3.8) is 0 Å². The molecule has 0 unspecified atom stereocenters. The molecule has 0 fully saturated rings. The van der Waals surface area contributed by atoms with E-state index in [4.69, 9.17) is 0 Å². The highest BCUT2D eigenvalue weighted by atomic mass is 79.9. The van der Waals surface area contributed by atoms with E-state index < -0.39 is 0 Å². The van der Waals surface area contributed by atoms with Gasteiger partial charge in [-0.15, -0.1) is 0 Å². The van der Waals surface area contributed by atoms with Crippen molar-refractivity contribution in [3.8, 4) is 0 Å². The summed E-state index contributed by atoms with van der Waals surface area (Å²) in [5, 5.41) is 12.3. The summed E-state index contributed by atoms with van der Waals surface area (Å²) in [4.78, 5) is 13.1. The Morgan fingerprint density at radius 3 is 3.00 bits per heavy atom. The standard InChI is InChI=1S/C11H9BrN6S/c1-13-11-16-8-6(5-15-18-8)9(17-11)19-10-7(12)3-2-4-14-10/h2-5H,1H3,(H2,13,15,16,17,18). The first-order valence-electron chi connectivity index (χ1n) is 5.45. The van der Waals surface area contributed by atoms with Crippen molar-refractivity contribution >= 4 is 44.7 Å². The molecule has 3 aromatic heterocycles. The van der Waals surface area contributed by atoms with Crippen LogP contribution in [0.5, 0.6) is 0 Å². The fourth-order valence-electron chi connectivity index (χ4n) is 1.54. The molecule has 6 nitrogen and oxygen atoms in total. The zero-order valence-electron chi connectivity index (χ0n) is 9.88. The monoisotopic (exact) mass is 336 g/mol. The number of pyridine rings is 1. The van der Waals surface area contributed by atoms with Gasteiger partial charge in [0.2, 0.25) is 5.95 Å². The van der Waals surface area contributed by atoms with Gasteiger partial charge in [-0.1, -0.05) is 0 Å². The highest BCUT2D eigenvalue weighted by molar-refractivity contribution is 9.10. The van der Waals surface area contributed by atoms with Crippen molar-refractivity contribution in [2.75, 3.05) is 12.4 Å². The number of nitrogens with zero attached hydrogens (tertiary/aromatic N) is 4. The molecule has 3 rings (SSSR count). The van der Waals surface area contributed by atoms with Gasteiger partial charge in [-0.25, -0.2) is 9.97 Å². The molecule has 3 aromatic rings. The average Bonchev–Trinajstić information content (AvgIpc) is 2.89. The van der Waals surface area contributed by atoms with Crippen LogP contribution in [0.3, 0.4) is 0 Å². The van der Waals surface area contributed by atoms with E-state index in [0.717, 1.165) is 19.9 Å². The quantitative estimate of drug-likeness (QED) is 0.716. The second kappa shape index (κ2) is 5.14. The summed E-state index contributed by atoms with van der Waals surface area (Å²) in [5.41, 5.74) is 0.703. The lowest BCUT2D eigenvalue weighted by atomic mass is 10.4. The number of hydrogen-bond donors (Lipinski definition) is 2. The number of aromatic nitrogens is 5. The third kappa shape index (κ3) is 2.41.